The van der Waals surface area contributed by atoms with Crippen LogP contribution in [-0.4, -0.2) is 14.3 Å². The van der Waals surface area contributed by atoms with Crippen molar-refractivity contribution in [2.45, 2.75) is 38.1 Å². The number of nitrogens with one attached hydrogen (secondary N) is 2. The zero-order chi connectivity index (χ0) is 21.6. The molecule has 3 rings (SSSR count). The minimum absolute atomic E-state index is 0.169. The quantitative estimate of drug-likeness (QED) is 0.559. The number of rotatable bonds is 8. The van der Waals surface area contributed by atoms with Gasteiger partial charge in [-0.25, -0.2) is 8.42 Å². The fourth-order valence-corrected chi connectivity index (χ4v) is 4.29. The molecule has 156 valence electrons. The summed E-state index contributed by atoms with van der Waals surface area (Å²) in [7, 11) is -3.71. The molecule has 0 aliphatic carbocycles. The van der Waals surface area contributed by atoms with E-state index in [4.69, 9.17) is 0 Å². The highest BCUT2D eigenvalue weighted by Gasteiger charge is 2.15. The number of benzene rings is 3. The van der Waals surface area contributed by atoms with E-state index in [2.05, 4.69) is 42.1 Å². The highest BCUT2D eigenvalue weighted by atomic mass is 32.2. The third-order valence-electron chi connectivity index (χ3n) is 4.93. The molecule has 0 aliphatic heterocycles. The summed E-state index contributed by atoms with van der Waals surface area (Å²) in [5, 5.41) is 2.95. The summed E-state index contributed by atoms with van der Waals surface area (Å²) in [6.07, 6.45) is 1.83. The molecule has 0 bridgehead atoms. The molecule has 1 amide bonds. The highest BCUT2D eigenvalue weighted by molar-refractivity contribution is 7.92. The van der Waals surface area contributed by atoms with Gasteiger partial charge in [0.05, 0.1) is 4.90 Å². The zero-order valence-electron chi connectivity index (χ0n) is 17.2. The van der Waals surface area contributed by atoms with Crippen molar-refractivity contribution in [3.63, 3.8) is 0 Å². The maximum absolute atomic E-state index is 12.7. The van der Waals surface area contributed by atoms with Crippen molar-refractivity contribution in [2.24, 2.45) is 0 Å². The van der Waals surface area contributed by atoms with E-state index >= 15 is 0 Å². The van der Waals surface area contributed by atoms with Crippen molar-refractivity contribution in [1.82, 2.24) is 5.32 Å². The van der Waals surface area contributed by atoms with Gasteiger partial charge < -0.3 is 5.32 Å². The van der Waals surface area contributed by atoms with Gasteiger partial charge >= 0.3 is 0 Å². The van der Waals surface area contributed by atoms with Crippen molar-refractivity contribution in [3.8, 4) is 0 Å². The summed E-state index contributed by atoms with van der Waals surface area (Å²) in [5.41, 5.74) is 4.28. The summed E-state index contributed by atoms with van der Waals surface area (Å²) >= 11 is 0. The van der Waals surface area contributed by atoms with Gasteiger partial charge in [-0.05, 0) is 59.9 Å². The summed E-state index contributed by atoms with van der Waals surface area (Å²) in [6, 6.07) is 21.0. The van der Waals surface area contributed by atoms with Gasteiger partial charge in [0.25, 0.3) is 15.9 Å². The Labute approximate surface area is 178 Å². The number of carbonyl (C=O) groups excluding carboxylic acids is 1. The summed E-state index contributed by atoms with van der Waals surface area (Å²) < 4.78 is 27.6. The topological polar surface area (TPSA) is 75.3 Å². The van der Waals surface area contributed by atoms with Gasteiger partial charge in [0.1, 0.15) is 0 Å². The average molecular weight is 423 g/mol. The second kappa shape index (κ2) is 9.59. The van der Waals surface area contributed by atoms with Gasteiger partial charge in [-0.1, -0.05) is 56.3 Å². The van der Waals surface area contributed by atoms with Crippen LogP contribution in [0, 0.1) is 0 Å². The lowest BCUT2D eigenvalue weighted by Crippen LogP contribution is -2.23. The standard InChI is InChI=1S/C24H26N2O3S/c1-3-18-13-14-19(4-2)21(15-18)17-25-24(27)20-9-8-10-22(16-20)26-30(28,29)23-11-6-5-7-12-23/h5-16,26H,3-4,17H2,1-2H3,(H,25,27). The molecule has 0 spiro atoms. The van der Waals surface area contributed by atoms with Gasteiger partial charge in [-0.2, -0.15) is 0 Å². The fraction of sp³-hybridized carbons (Fsp3) is 0.208. The lowest BCUT2D eigenvalue weighted by Gasteiger charge is -2.12. The minimum atomic E-state index is -3.71. The molecule has 30 heavy (non-hydrogen) atoms. The molecule has 5 nitrogen and oxygen atoms in total. The summed E-state index contributed by atoms with van der Waals surface area (Å²) in [5.74, 6) is -0.250. The number of hydrogen-bond acceptors (Lipinski definition) is 3. The van der Waals surface area contributed by atoms with E-state index in [0.717, 1.165) is 18.4 Å². The molecule has 2 N–H and O–H groups in total. The Hall–Kier alpha value is -3.12. The zero-order valence-corrected chi connectivity index (χ0v) is 18.0. The first-order chi connectivity index (χ1) is 14.4. The van der Waals surface area contributed by atoms with E-state index < -0.39 is 10.0 Å². The Morgan fingerprint density at radius 1 is 0.833 bits per heavy atom. The maximum atomic E-state index is 12.7. The van der Waals surface area contributed by atoms with Gasteiger partial charge in [0.2, 0.25) is 0 Å². The van der Waals surface area contributed by atoms with Crippen LogP contribution in [0.25, 0.3) is 0 Å². The maximum Gasteiger partial charge on any atom is 0.261 e. The Morgan fingerprint density at radius 3 is 2.30 bits per heavy atom. The molecule has 0 aliphatic rings. The molecule has 3 aromatic rings. The van der Waals surface area contributed by atoms with E-state index in [1.54, 1.807) is 42.5 Å². The highest BCUT2D eigenvalue weighted by Crippen LogP contribution is 2.18. The lowest BCUT2D eigenvalue weighted by atomic mass is 10.0. The minimum Gasteiger partial charge on any atom is -0.348 e. The fourth-order valence-electron chi connectivity index (χ4n) is 3.22. The second-order valence-corrected chi connectivity index (χ2v) is 8.67. The largest absolute Gasteiger partial charge is 0.348 e. The Kier molecular flexibility index (Phi) is 6.90. The number of anilines is 1. The number of carbonyl (C=O) groups is 1. The van der Waals surface area contributed by atoms with Crippen molar-refractivity contribution in [2.75, 3.05) is 4.72 Å². The first-order valence-electron chi connectivity index (χ1n) is 9.99. The van der Waals surface area contributed by atoms with Crippen LogP contribution in [0.3, 0.4) is 0 Å². The van der Waals surface area contributed by atoms with Crippen LogP contribution in [0.15, 0.2) is 77.7 Å². The Balaban J connectivity index is 1.72. The molecule has 0 saturated heterocycles. The third kappa shape index (κ3) is 5.27. The molecule has 0 heterocycles. The average Bonchev–Trinajstić information content (AvgIpc) is 2.77. The molecule has 0 atom stereocenters. The van der Waals surface area contributed by atoms with Crippen LogP contribution in [0.4, 0.5) is 5.69 Å². The number of hydrogen-bond donors (Lipinski definition) is 2. The van der Waals surface area contributed by atoms with Crippen LogP contribution in [0.2, 0.25) is 0 Å². The first-order valence-corrected chi connectivity index (χ1v) is 11.5. The predicted molar refractivity (Wildman–Crippen MR) is 120 cm³/mol. The van der Waals surface area contributed by atoms with Gasteiger partial charge in [-0.3, -0.25) is 9.52 Å². The van der Waals surface area contributed by atoms with E-state index in [0.29, 0.717) is 17.8 Å². The lowest BCUT2D eigenvalue weighted by molar-refractivity contribution is 0.0951. The van der Waals surface area contributed by atoms with Crippen LogP contribution in [0.1, 0.15) is 40.9 Å². The van der Waals surface area contributed by atoms with E-state index in [9.17, 15) is 13.2 Å². The molecule has 0 saturated carbocycles. The Morgan fingerprint density at radius 2 is 1.60 bits per heavy atom. The SMILES string of the molecule is CCc1ccc(CC)c(CNC(=O)c2cccc(NS(=O)(=O)c3ccccc3)c2)c1. The van der Waals surface area contributed by atoms with Crippen molar-refractivity contribution in [1.29, 1.82) is 0 Å². The van der Waals surface area contributed by atoms with Crippen molar-refractivity contribution >= 4 is 21.6 Å². The molecular formula is C24H26N2O3S. The van der Waals surface area contributed by atoms with Crippen molar-refractivity contribution < 1.29 is 13.2 Å². The normalized spacial score (nSPS) is 11.1. The smallest absolute Gasteiger partial charge is 0.261 e. The predicted octanol–water partition coefficient (Wildman–Crippen LogP) is 4.54. The molecule has 0 fully saturated rings. The molecule has 3 aromatic carbocycles. The number of sulfonamides is 1. The van der Waals surface area contributed by atoms with Gasteiger partial charge in [-0.15, -0.1) is 0 Å². The summed E-state index contributed by atoms with van der Waals surface area (Å²) in [4.78, 5) is 12.8. The summed E-state index contributed by atoms with van der Waals surface area (Å²) in [6.45, 7) is 4.62. The van der Waals surface area contributed by atoms with Crippen LogP contribution in [-0.2, 0) is 29.4 Å². The molecule has 0 aromatic heterocycles. The van der Waals surface area contributed by atoms with Crippen LogP contribution in [0.5, 0.6) is 0 Å². The Bertz CT molecular complexity index is 1130. The van der Waals surface area contributed by atoms with Gasteiger partial charge in [0, 0.05) is 17.8 Å². The molecule has 6 heteroatoms. The van der Waals surface area contributed by atoms with Crippen molar-refractivity contribution in [3.05, 3.63) is 95.1 Å². The first kappa shape index (κ1) is 21.6. The van der Waals surface area contributed by atoms with Crippen LogP contribution < -0.4 is 10.0 Å². The number of amides is 1. The van der Waals surface area contributed by atoms with E-state index in [1.165, 1.54) is 23.3 Å². The van der Waals surface area contributed by atoms with Gasteiger partial charge in [0.15, 0.2) is 0 Å². The molecular weight excluding hydrogens is 396 g/mol. The number of aryl methyl sites for hydroxylation is 2. The third-order valence-corrected chi connectivity index (χ3v) is 6.33. The van der Waals surface area contributed by atoms with E-state index in [-0.39, 0.29) is 10.8 Å². The van der Waals surface area contributed by atoms with E-state index in [1.807, 2.05) is 0 Å². The van der Waals surface area contributed by atoms with Crippen LogP contribution >= 0.6 is 0 Å². The molecule has 0 unspecified atom stereocenters. The second-order valence-electron chi connectivity index (χ2n) is 6.99. The molecule has 0 radical (unpaired) electrons. The monoisotopic (exact) mass is 422 g/mol.